The van der Waals surface area contributed by atoms with Crippen molar-refractivity contribution >= 4 is 6.03 Å². The number of hydrogen-bond donors (Lipinski definition) is 2. The number of nitrogens with one attached hydrogen (secondary N) is 2. The molecule has 0 aliphatic rings. The van der Waals surface area contributed by atoms with Crippen molar-refractivity contribution in [3.63, 3.8) is 0 Å². The lowest BCUT2D eigenvalue weighted by atomic mass is 10.1. The predicted octanol–water partition coefficient (Wildman–Crippen LogP) is 2.27. The van der Waals surface area contributed by atoms with Crippen molar-refractivity contribution in [2.45, 2.75) is 52.5 Å². The third-order valence-electron chi connectivity index (χ3n) is 1.90. The SMILES string of the molecule is CCCCC(C)NC(=O)NCCC. The smallest absolute Gasteiger partial charge is 0.314 e. The van der Waals surface area contributed by atoms with Crippen LogP contribution in [0.4, 0.5) is 4.79 Å². The normalized spacial score (nSPS) is 12.2. The summed E-state index contributed by atoms with van der Waals surface area (Å²) in [4.78, 5) is 11.2. The Bertz CT molecular complexity index is 137. The molecular weight excluding hydrogens is 164 g/mol. The molecule has 0 aromatic rings. The highest BCUT2D eigenvalue weighted by Crippen LogP contribution is 1.98. The maximum absolute atomic E-state index is 11.2. The third-order valence-corrected chi connectivity index (χ3v) is 1.90. The Morgan fingerprint density at radius 3 is 2.54 bits per heavy atom. The molecule has 3 heteroatoms. The van der Waals surface area contributed by atoms with Gasteiger partial charge in [0, 0.05) is 12.6 Å². The van der Waals surface area contributed by atoms with E-state index in [0.29, 0.717) is 0 Å². The van der Waals surface area contributed by atoms with Crippen LogP contribution >= 0.6 is 0 Å². The van der Waals surface area contributed by atoms with E-state index in [1.807, 2.05) is 13.8 Å². The molecule has 0 aromatic carbocycles. The molecule has 1 atom stereocenters. The largest absolute Gasteiger partial charge is 0.338 e. The molecule has 13 heavy (non-hydrogen) atoms. The topological polar surface area (TPSA) is 41.1 Å². The van der Waals surface area contributed by atoms with E-state index in [9.17, 15) is 4.79 Å². The molecule has 0 rings (SSSR count). The van der Waals surface area contributed by atoms with Crippen LogP contribution in [0.5, 0.6) is 0 Å². The minimum atomic E-state index is -0.0366. The van der Waals surface area contributed by atoms with Crippen LogP contribution in [-0.4, -0.2) is 18.6 Å². The summed E-state index contributed by atoms with van der Waals surface area (Å²) in [5.41, 5.74) is 0. The zero-order chi connectivity index (χ0) is 10.1. The lowest BCUT2D eigenvalue weighted by Crippen LogP contribution is -2.40. The van der Waals surface area contributed by atoms with Crippen LogP contribution in [0.25, 0.3) is 0 Å². The number of amides is 2. The first-order chi connectivity index (χ1) is 6.20. The number of urea groups is 1. The molecule has 0 aliphatic carbocycles. The summed E-state index contributed by atoms with van der Waals surface area (Å²) in [6.45, 7) is 7.00. The summed E-state index contributed by atoms with van der Waals surface area (Å²) in [7, 11) is 0. The van der Waals surface area contributed by atoms with E-state index in [0.717, 1.165) is 19.4 Å². The Labute approximate surface area is 81.3 Å². The van der Waals surface area contributed by atoms with Crippen molar-refractivity contribution in [3.05, 3.63) is 0 Å². The third kappa shape index (κ3) is 7.62. The van der Waals surface area contributed by atoms with Gasteiger partial charge in [-0.25, -0.2) is 4.79 Å². The molecule has 0 bridgehead atoms. The van der Waals surface area contributed by atoms with Crippen LogP contribution in [-0.2, 0) is 0 Å². The summed E-state index contributed by atoms with van der Waals surface area (Å²) in [6, 6.07) is 0.252. The van der Waals surface area contributed by atoms with Gasteiger partial charge in [0.25, 0.3) is 0 Å². The molecule has 0 fully saturated rings. The van der Waals surface area contributed by atoms with Crippen molar-refractivity contribution < 1.29 is 4.79 Å². The molecule has 0 saturated heterocycles. The van der Waals surface area contributed by atoms with Gasteiger partial charge < -0.3 is 10.6 Å². The lowest BCUT2D eigenvalue weighted by Gasteiger charge is -2.13. The van der Waals surface area contributed by atoms with Crippen molar-refractivity contribution in [1.29, 1.82) is 0 Å². The number of hydrogen-bond acceptors (Lipinski definition) is 1. The van der Waals surface area contributed by atoms with Crippen LogP contribution in [0.1, 0.15) is 46.5 Å². The Kier molecular flexibility index (Phi) is 7.45. The van der Waals surface area contributed by atoms with Crippen LogP contribution in [0, 0.1) is 0 Å². The molecule has 0 spiro atoms. The average molecular weight is 186 g/mol. The van der Waals surface area contributed by atoms with Gasteiger partial charge in [-0.15, -0.1) is 0 Å². The van der Waals surface area contributed by atoms with Crippen LogP contribution in [0.15, 0.2) is 0 Å². The summed E-state index contributed by atoms with van der Waals surface area (Å²) in [5, 5.41) is 5.69. The standard InChI is InChI=1S/C10H22N2O/c1-4-6-7-9(3)12-10(13)11-8-5-2/h9H,4-8H2,1-3H3,(H2,11,12,13). The van der Waals surface area contributed by atoms with Gasteiger partial charge in [-0.1, -0.05) is 26.7 Å². The van der Waals surface area contributed by atoms with Gasteiger partial charge in [-0.05, 0) is 19.8 Å². The molecule has 0 radical (unpaired) electrons. The van der Waals surface area contributed by atoms with Gasteiger partial charge in [0.15, 0.2) is 0 Å². The number of unbranched alkanes of at least 4 members (excludes halogenated alkanes) is 1. The Morgan fingerprint density at radius 1 is 1.31 bits per heavy atom. The fourth-order valence-corrected chi connectivity index (χ4v) is 1.10. The molecule has 1 unspecified atom stereocenters. The van der Waals surface area contributed by atoms with Crippen molar-refractivity contribution in [2.75, 3.05) is 6.54 Å². The fraction of sp³-hybridized carbons (Fsp3) is 0.900. The molecule has 0 aromatic heterocycles. The second kappa shape index (κ2) is 7.90. The summed E-state index contributed by atoms with van der Waals surface area (Å²) in [6.07, 6.45) is 4.41. The second-order valence-corrected chi connectivity index (χ2v) is 3.44. The molecular formula is C10H22N2O. The van der Waals surface area contributed by atoms with Gasteiger partial charge in [0.2, 0.25) is 0 Å². The van der Waals surface area contributed by atoms with Crippen molar-refractivity contribution in [2.24, 2.45) is 0 Å². The van der Waals surface area contributed by atoms with Crippen molar-refractivity contribution in [3.8, 4) is 0 Å². The highest BCUT2D eigenvalue weighted by atomic mass is 16.2. The van der Waals surface area contributed by atoms with Crippen LogP contribution in [0.3, 0.4) is 0 Å². The summed E-state index contributed by atoms with van der Waals surface area (Å²) in [5.74, 6) is 0. The number of carbonyl (C=O) groups is 1. The van der Waals surface area contributed by atoms with Gasteiger partial charge in [-0.3, -0.25) is 0 Å². The van der Waals surface area contributed by atoms with E-state index >= 15 is 0 Å². The van der Waals surface area contributed by atoms with Gasteiger partial charge in [-0.2, -0.15) is 0 Å². The second-order valence-electron chi connectivity index (χ2n) is 3.44. The maximum Gasteiger partial charge on any atom is 0.314 e. The minimum Gasteiger partial charge on any atom is -0.338 e. The van der Waals surface area contributed by atoms with E-state index in [-0.39, 0.29) is 12.1 Å². The van der Waals surface area contributed by atoms with Gasteiger partial charge >= 0.3 is 6.03 Å². The lowest BCUT2D eigenvalue weighted by molar-refractivity contribution is 0.237. The minimum absolute atomic E-state index is 0.0366. The Balaban J connectivity index is 3.41. The highest BCUT2D eigenvalue weighted by Gasteiger charge is 2.04. The van der Waals surface area contributed by atoms with E-state index < -0.39 is 0 Å². The zero-order valence-electron chi connectivity index (χ0n) is 9.02. The zero-order valence-corrected chi connectivity index (χ0v) is 9.02. The quantitative estimate of drug-likeness (QED) is 0.656. The monoisotopic (exact) mass is 186 g/mol. The molecule has 2 amide bonds. The van der Waals surface area contributed by atoms with Gasteiger partial charge in [0.1, 0.15) is 0 Å². The molecule has 0 saturated carbocycles. The number of rotatable bonds is 6. The molecule has 78 valence electrons. The first kappa shape index (κ1) is 12.3. The predicted molar refractivity (Wildman–Crippen MR) is 55.8 cm³/mol. The maximum atomic E-state index is 11.2. The fourth-order valence-electron chi connectivity index (χ4n) is 1.10. The average Bonchev–Trinajstić information content (AvgIpc) is 2.11. The van der Waals surface area contributed by atoms with Crippen molar-refractivity contribution in [1.82, 2.24) is 10.6 Å². The molecule has 0 aliphatic heterocycles. The van der Waals surface area contributed by atoms with E-state index in [1.54, 1.807) is 0 Å². The van der Waals surface area contributed by atoms with Gasteiger partial charge in [0.05, 0.1) is 0 Å². The first-order valence-corrected chi connectivity index (χ1v) is 5.25. The van der Waals surface area contributed by atoms with Crippen LogP contribution < -0.4 is 10.6 Å². The number of carbonyl (C=O) groups excluding carboxylic acids is 1. The Morgan fingerprint density at radius 2 is 2.00 bits per heavy atom. The first-order valence-electron chi connectivity index (χ1n) is 5.25. The van der Waals surface area contributed by atoms with Crippen LogP contribution in [0.2, 0.25) is 0 Å². The summed E-state index contributed by atoms with van der Waals surface area (Å²) < 4.78 is 0. The molecule has 2 N–H and O–H groups in total. The highest BCUT2D eigenvalue weighted by molar-refractivity contribution is 5.74. The van der Waals surface area contributed by atoms with E-state index in [4.69, 9.17) is 0 Å². The molecule has 0 heterocycles. The van der Waals surface area contributed by atoms with E-state index in [2.05, 4.69) is 17.6 Å². The van der Waals surface area contributed by atoms with E-state index in [1.165, 1.54) is 12.8 Å². The Hall–Kier alpha value is -0.730. The molecule has 3 nitrogen and oxygen atoms in total. The summed E-state index contributed by atoms with van der Waals surface area (Å²) >= 11 is 0.